The molecule has 5 heteroatoms. The molecule has 2 unspecified atom stereocenters. The van der Waals surface area contributed by atoms with Gasteiger partial charge in [-0.2, -0.15) is 0 Å². The second kappa shape index (κ2) is 5.16. The van der Waals surface area contributed by atoms with Crippen LogP contribution in [0.15, 0.2) is 71.9 Å². The number of aromatic hydroxyl groups is 1. The van der Waals surface area contributed by atoms with Gasteiger partial charge in [-0.25, -0.2) is 0 Å². The van der Waals surface area contributed by atoms with E-state index in [9.17, 15) is 20.1 Å². The van der Waals surface area contributed by atoms with Gasteiger partial charge in [0.2, 0.25) is 11.5 Å². The van der Waals surface area contributed by atoms with E-state index in [1.807, 2.05) is 30.3 Å². The molecule has 0 saturated carbocycles. The number of phenols is 1. The third-order valence-electron chi connectivity index (χ3n) is 4.39. The predicted molar refractivity (Wildman–Crippen MR) is 85.9 cm³/mol. The number of Topliss-reactive ketones (excluding diaryl/α,β-unsaturated/α-hetero) is 1. The molecule has 0 aromatic heterocycles. The van der Waals surface area contributed by atoms with Gasteiger partial charge in [0.15, 0.2) is 5.76 Å². The summed E-state index contributed by atoms with van der Waals surface area (Å²) in [6, 6.07) is 14.0. The standard InChI is InChI=1S/C19H14O5/c20-11-6-7-14-12(8-11)16(10-4-2-1-3-5-10)17-15(24-14)9-13(21)18(22)19(17)23/h1-9,16-17,20-22H. The first kappa shape index (κ1) is 14.4. The van der Waals surface area contributed by atoms with Gasteiger partial charge >= 0.3 is 0 Å². The summed E-state index contributed by atoms with van der Waals surface area (Å²) in [6.45, 7) is 0. The van der Waals surface area contributed by atoms with Crippen molar-refractivity contribution in [2.24, 2.45) is 5.92 Å². The van der Waals surface area contributed by atoms with Gasteiger partial charge in [-0.05, 0) is 23.8 Å². The molecular formula is C19H14O5. The minimum Gasteiger partial charge on any atom is -0.508 e. The van der Waals surface area contributed by atoms with Gasteiger partial charge in [-0.1, -0.05) is 30.3 Å². The zero-order valence-corrected chi connectivity index (χ0v) is 12.5. The first-order valence-electron chi connectivity index (χ1n) is 7.50. The zero-order chi connectivity index (χ0) is 16.8. The quantitative estimate of drug-likeness (QED) is 0.749. The van der Waals surface area contributed by atoms with Crippen LogP contribution in [0.5, 0.6) is 11.5 Å². The summed E-state index contributed by atoms with van der Waals surface area (Å²) in [4.78, 5) is 12.6. The van der Waals surface area contributed by atoms with Gasteiger partial charge in [0.05, 0.1) is 5.92 Å². The second-order valence-electron chi connectivity index (χ2n) is 5.84. The summed E-state index contributed by atoms with van der Waals surface area (Å²) in [5.41, 5.74) is 1.51. The van der Waals surface area contributed by atoms with Gasteiger partial charge in [0, 0.05) is 17.6 Å². The van der Waals surface area contributed by atoms with Crippen LogP contribution in [0.3, 0.4) is 0 Å². The Morgan fingerprint density at radius 3 is 2.42 bits per heavy atom. The Labute approximate surface area is 137 Å². The Morgan fingerprint density at radius 1 is 0.917 bits per heavy atom. The highest BCUT2D eigenvalue weighted by molar-refractivity contribution is 6.00. The number of hydrogen-bond acceptors (Lipinski definition) is 5. The number of rotatable bonds is 1. The number of carbonyl (C=O) groups is 1. The Bertz CT molecular complexity index is 895. The predicted octanol–water partition coefficient (Wildman–Crippen LogP) is 3.33. The van der Waals surface area contributed by atoms with Crippen molar-refractivity contribution in [1.82, 2.24) is 0 Å². The molecule has 1 heterocycles. The number of benzene rings is 2. The Balaban J connectivity index is 1.96. The van der Waals surface area contributed by atoms with Gasteiger partial charge in [-0.3, -0.25) is 4.79 Å². The topological polar surface area (TPSA) is 87.0 Å². The van der Waals surface area contributed by atoms with E-state index in [1.54, 1.807) is 12.1 Å². The maximum Gasteiger partial charge on any atom is 0.212 e. The molecule has 0 spiro atoms. The Kier molecular flexibility index (Phi) is 3.09. The van der Waals surface area contributed by atoms with E-state index in [1.165, 1.54) is 12.1 Å². The molecule has 2 aromatic carbocycles. The van der Waals surface area contributed by atoms with E-state index in [2.05, 4.69) is 0 Å². The molecule has 2 atom stereocenters. The van der Waals surface area contributed by atoms with Crippen molar-refractivity contribution in [3.63, 3.8) is 0 Å². The summed E-state index contributed by atoms with van der Waals surface area (Å²) in [5.74, 6) is -2.15. The molecule has 0 amide bonds. The van der Waals surface area contributed by atoms with Crippen molar-refractivity contribution in [2.45, 2.75) is 5.92 Å². The van der Waals surface area contributed by atoms with Crippen LogP contribution in [0.2, 0.25) is 0 Å². The first-order valence-corrected chi connectivity index (χ1v) is 7.50. The highest BCUT2D eigenvalue weighted by Crippen LogP contribution is 2.49. The van der Waals surface area contributed by atoms with Gasteiger partial charge in [0.1, 0.15) is 17.3 Å². The van der Waals surface area contributed by atoms with E-state index in [0.29, 0.717) is 11.3 Å². The normalized spacial score (nSPS) is 22.3. The minimum atomic E-state index is -0.794. The number of aliphatic hydroxyl groups is 2. The third-order valence-corrected chi connectivity index (χ3v) is 4.39. The summed E-state index contributed by atoms with van der Waals surface area (Å²) < 4.78 is 5.76. The van der Waals surface area contributed by atoms with E-state index in [4.69, 9.17) is 4.74 Å². The fraction of sp³-hybridized carbons (Fsp3) is 0.105. The molecule has 2 aliphatic rings. The Hall–Kier alpha value is -3.21. The minimum absolute atomic E-state index is 0.0663. The van der Waals surface area contributed by atoms with Crippen LogP contribution in [0.25, 0.3) is 0 Å². The lowest BCUT2D eigenvalue weighted by molar-refractivity contribution is -0.122. The number of hydrogen-bond donors (Lipinski definition) is 3. The lowest BCUT2D eigenvalue weighted by Gasteiger charge is -2.36. The molecule has 24 heavy (non-hydrogen) atoms. The van der Waals surface area contributed by atoms with Crippen molar-refractivity contribution in [3.8, 4) is 11.5 Å². The second-order valence-corrected chi connectivity index (χ2v) is 5.84. The van der Waals surface area contributed by atoms with Crippen LogP contribution in [0, 0.1) is 5.92 Å². The number of ether oxygens (including phenoxy) is 1. The smallest absolute Gasteiger partial charge is 0.212 e. The van der Waals surface area contributed by atoms with Crippen molar-refractivity contribution in [2.75, 3.05) is 0 Å². The monoisotopic (exact) mass is 322 g/mol. The molecule has 4 rings (SSSR count). The van der Waals surface area contributed by atoms with Crippen LogP contribution in [-0.2, 0) is 4.79 Å². The van der Waals surface area contributed by atoms with Crippen LogP contribution in [0.1, 0.15) is 17.0 Å². The Morgan fingerprint density at radius 2 is 1.67 bits per heavy atom. The highest BCUT2D eigenvalue weighted by atomic mass is 16.5. The first-order chi connectivity index (χ1) is 11.6. The molecule has 1 aliphatic carbocycles. The lowest BCUT2D eigenvalue weighted by Crippen LogP contribution is -2.35. The molecule has 3 N–H and O–H groups in total. The molecule has 0 radical (unpaired) electrons. The summed E-state index contributed by atoms with van der Waals surface area (Å²) in [6.07, 6.45) is 1.27. The summed E-state index contributed by atoms with van der Waals surface area (Å²) in [5, 5.41) is 29.5. The van der Waals surface area contributed by atoms with Crippen LogP contribution in [0.4, 0.5) is 0 Å². The summed E-state index contributed by atoms with van der Waals surface area (Å²) in [7, 11) is 0. The number of fused-ring (bicyclic) bond motifs is 2. The number of carbonyl (C=O) groups excluding carboxylic acids is 1. The van der Waals surface area contributed by atoms with E-state index in [-0.39, 0.29) is 11.5 Å². The average molecular weight is 322 g/mol. The van der Waals surface area contributed by atoms with E-state index in [0.717, 1.165) is 5.56 Å². The SMILES string of the molecule is O=C1C(O)=C(O)C=C2Oc3ccc(O)cc3C(c3ccccc3)C12. The molecule has 120 valence electrons. The van der Waals surface area contributed by atoms with Gasteiger partial charge in [0.25, 0.3) is 0 Å². The molecular weight excluding hydrogens is 308 g/mol. The van der Waals surface area contributed by atoms with E-state index >= 15 is 0 Å². The molecule has 0 bridgehead atoms. The molecule has 5 nitrogen and oxygen atoms in total. The van der Waals surface area contributed by atoms with Crippen LogP contribution >= 0.6 is 0 Å². The van der Waals surface area contributed by atoms with Crippen LogP contribution < -0.4 is 4.74 Å². The lowest BCUT2D eigenvalue weighted by atomic mass is 9.73. The average Bonchev–Trinajstić information content (AvgIpc) is 2.59. The van der Waals surface area contributed by atoms with Crippen molar-refractivity contribution < 1.29 is 24.9 Å². The zero-order valence-electron chi connectivity index (χ0n) is 12.5. The van der Waals surface area contributed by atoms with Gasteiger partial charge < -0.3 is 20.1 Å². The molecule has 0 saturated heterocycles. The molecule has 2 aromatic rings. The molecule has 0 fully saturated rings. The number of aliphatic hydroxyl groups excluding tert-OH is 2. The third kappa shape index (κ3) is 2.06. The van der Waals surface area contributed by atoms with Crippen molar-refractivity contribution in [3.05, 3.63) is 83.0 Å². The number of phenolic OH excluding ortho intramolecular Hbond substituents is 1. The van der Waals surface area contributed by atoms with Crippen molar-refractivity contribution in [1.29, 1.82) is 0 Å². The number of ketones is 1. The largest absolute Gasteiger partial charge is 0.508 e. The fourth-order valence-electron chi connectivity index (χ4n) is 3.31. The maximum atomic E-state index is 12.6. The highest BCUT2D eigenvalue weighted by Gasteiger charge is 2.44. The molecule has 1 aliphatic heterocycles. The summed E-state index contributed by atoms with van der Waals surface area (Å²) >= 11 is 0. The van der Waals surface area contributed by atoms with Crippen molar-refractivity contribution >= 4 is 5.78 Å². The number of allylic oxidation sites excluding steroid dienone is 3. The van der Waals surface area contributed by atoms with Gasteiger partial charge in [-0.15, -0.1) is 0 Å². The maximum absolute atomic E-state index is 12.6. The van der Waals surface area contributed by atoms with E-state index < -0.39 is 29.1 Å². The van der Waals surface area contributed by atoms with Crippen LogP contribution in [-0.4, -0.2) is 21.1 Å². The fourth-order valence-corrected chi connectivity index (χ4v) is 3.31.